The molecule has 1 atom stereocenters. The van der Waals surface area contributed by atoms with Crippen LogP contribution in [-0.4, -0.2) is 11.9 Å². The SMILES string of the molecule is Cc1cc(C(Cl)C(=O)NC(C)C)ccc1Br. The number of benzene rings is 1. The summed E-state index contributed by atoms with van der Waals surface area (Å²) >= 11 is 9.51. The van der Waals surface area contributed by atoms with Crippen LogP contribution in [0.3, 0.4) is 0 Å². The molecule has 1 N–H and O–H groups in total. The standard InChI is InChI=1S/C12H15BrClNO/c1-7(2)15-12(16)11(14)9-4-5-10(13)8(3)6-9/h4-7,11H,1-3H3,(H,15,16). The number of amides is 1. The lowest BCUT2D eigenvalue weighted by molar-refractivity contribution is -0.121. The molecule has 0 aromatic heterocycles. The zero-order chi connectivity index (χ0) is 12.3. The molecule has 16 heavy (non-hydrogen) atoms. The van der Waals surface area contributed by atoms with Gasteiger partial charge in [0.05, 0.1) is 0 Å². The molecule has 0 bridgehead atoms. The van der Waals surface area contributed by atoms with Gasteiger partial charge in [0.2, 0.25) is 5.91 Å². The minimum absolute atomic E-state index is 0.102. The molecular formula is C12H15BrClNO. The van der Waals surface area contributed by atoms with E-state index in [0.717, 1.165) is 15.6 Å². The Balaban J connectivity index is 2.83. The van der Waals surface area contributed by atoms with Gasteiger partial charge in [0.15, 0.2) is 0 Å². The largest absolute Gasteiger partial charge is 0.352 e. The Morgan fingerprint density at radius 2 is 2.06 bits per heavy atom. The van der Waals surface area contributed by atoms with Crippen LogP contribution in [0.4, 0.5) is 0 Å². The number of aryl methyl sites for hydroxylation is 1. The minimum Gasteiger partial charge on any atom is -0.352 e. The molecule has 1 aromatic carbocycles. The highest BCUT2D eigenvalue weighted by Crippen LogP contribution is 2.25. The first-order valence-corrected chi connectivity index (χ1v) is 6.35. The van der Waals surface area contributed by atoms with Gasteiger partial charge < -0.3 is 5.32 Å². The van der Waals surface area contributed by atoms with E-state index in [4.69, 9.17) is 11.6 Å². The molecule has 0 aliphatic heterocycles. The van der Waals surface area contributed by atoms with Crippen molar-refractivity contribution in [3.05, 3.63) is 33.8 Å². The van der Waals surface area contributed by atoms with Crippen molar-refractivity contribution in [2.75, 3.05) is 0 Å². The highest BCUT2D eigenvalue weighted by Gasteiger charge is 2.18. The van der Waals surface area contributed by atoms with Gasteiger partial charge in [-0.2, -0.15) is 0 Å². The van der Waals surface area contributed by atoms with Gasteiger partial charge in [-0.3, -0.25) is 4.79 Å². The van der Waals surface area contributed by atoms with E-state index in [2.05, 4.69) is 21.2 Å². The third-order valence-electron chi connectivity index (χ3n) is 2.14. The van der Waals surface area contributed by atoms with E-state index in [1.807, 2.05) is 39.0 Å². The summed E-state index contributed by atoms with van der Waals surface area (Å²) in [6.07, 6.45) is 0. The Morgan fingerprint density at radius 1 is 1.44 bits per heavy atom. The van der Waals surface area contributed by atoms with Crippen LogP contribution in [0.1, 0.15) is 30.4 Å². The Kier molecular flexibility index (Phi) is 4.81. The van der Waals surface area contributed by atoms with Gasteiger partial charge in [-0.25, -0.2) is 0 Å². The molecule has 0 fully saturated rings. The van der Waals surface area contributed by atoms with Crippen molar-refractivity contribution in [1.82, 2.24) is 5.32 Å². The van der Waals surface area contributed by atoms with E-state index in [0.29, 0.717) is 0 Å². The average Bonchev–Trinajstić information content (AvgIpc) is 2.20. The third kappa shape index (κ3) is 3.49. The summed E-state index contributed by atoms with van der Waals surface area (Å²) in [6.45, 7) is 5.79. The van der Waals surface area contributed by atoms with E-state index in [1.165, 1.54) is 0 Å². The maximum absolute atomic E-state index is 11.7. The fraction of sp³-hybridized carbons (Fsp3) is 0.417. The summed E-state index contributed by atoms with van der Waals surface area (Å²) in [6, 6.07) is 5.78. The van der Waals surface area contributed by atoms with Crippen LogP contribution in [-0.2, 0) is 4.79 Å². The Labute approximate surface area is 110 Å². The third-order valence-corrected chi connectivity index (χ3v) is 3.48. The first-order valence-electron chi connectivity index (χ1n) is 5.12. The van der Waals surface area contributed by atoms with Crippen molar-refractivity contribution < 1.29 is 4.79 Å². The average molecular weight is 305 g/mol. The minimum atomic E-state index is -0.630. The van der Waals surface area contributed by atoms with Crippen molar-refractivity contribution in [2.24, 2.45) is 0 Å². The normalized spacial score (nSPS) is 12.6. The predicted octanol–water partition coefficient (Wildman–Crippen LogP) is 3.56. The second kappa shape index (κ2) is 5.69. The summed E-state index contributed by atoms with van der Waals surface area (Å²) in [7, 11) is 0. The lowest BCUT2D eigenvalue weighted by Gasteiger charge is -2.14. The molecule has 2 nitrogen and oxygen atoms in total. The van der Waals surface area contributed by atoms with Crippen molar-refractivity contribution in [3.8, 4) is 0 Å². The van der Waals surface area contributed by atoms with E-state index in [-0.39, 0.29) is 11.9 Å². The number of hydrogen-bond donors (Lipinski definition) is 1. The summed E-state index contributed by atoms with van der Waals surface area (Å²) in [5.74, 6) is -0.154. The van der Waals surface area contributed by atoms with Gasteiger partial charge in [0.1, 0.15) is 5.38 Å². The molecule has 0 radical (unpaired) electrons. The fourth-order valence-electron chi connectivity index (χ4n) is 1.33. The molecule has 0 aliphatic rings. The lowest BCUT2D eigenvalue weighted by Crippen LogP contribution is -2.32. The number of carbonyl (C=O) groups excluding carboxylic acids is 1. The molecule has 88 valence electrons. The van der Waals surface area contributed by atoms with Gasteiger partial charge >= 0.3 is 0 Å². The number of carbonyl (C=O) groups is 1. The molecule has 1 aromatic rings. The number of rotatable bonds is 3. The summed E-state index contributed by atoms with van der Waals surface area (Å²) in [5.41, 5.74) is 1.89. The maximum atomic E-state index is 11.7. The maximum Gasteiger partial charge on any atom is 0.242 e. The molecule has 4 heteroatoms. The van der Waals surface area contributed by atoms with E-state index in [9.17, 15) is 4.79 Å². The lowest BCUT2D eigenvalue weighted by atomic mass is 10.1. The molecule has 1 unspecified atom stereocenters. The zero-order valence-corrected chi connectivity index (χ0v) is 11.9. The molecule has 0 spiro atoms. The van der Waals surface area contributed by atoms with E-state index in [1.54, 1.807) is 0 Å². The van der Waals surface area contributed by atoms with Gasteiger partial charge in [-0.1, -0.05) is 28.1 Å². The van der Waals surface area contributed by atoms with Crippen molar-refractivity contribution in [2.45, 2.75) is 32.2 Å². The van der Waals surface area contributed by atoms with Gasteiger partial charge in [-0.05, 0) is 38.0 Å². The van der Waals surface area contributed by atoms with Gasteiger partial charge in [-0.15, -0.1) is 11.6 Å². The quantitative estimate of drug-likeness (QED) is 0.850. The Morgan fingerprint density at radius 3 is 2.56 bits per heavy atom. The van der Waals surface area contributed by atoms with Gasteiger partial charge in [0.25, 0.3) is 0 Å². The molecule has 1 rings (SSSR count). The molecule has 1 amide bonds. The number of hydrogen-bond acceptors (Lipinski definition) is 1. The first kappa shape index (κ1) is 13.5. The van der Waals surface area contributed by atoms with Crippen LogP contribution in [0.15, 0.2) is 22.7 Å². The monoisotopic (exact) mass is 303 g/mol. The summed E-state index contributed by atoms with van der Waals surface area (Å²) < 4.78 is 1.02. The Hall–Kier alpha value is -0.540. The second-order valence-electron chi connectivity index (χ2n) is 4.03. The molecule has 0 saturated heterocycles. The van der Waals surface area contributed by atoms with Crippen LogP contribution in [0, 0.1) is 6.92 Å². The van der Waals surface area contributed by atoms with Crippen molar-refractivity contribution >= 4 is 33.4 Å². The second-order valence-corrected chi connectivity index (χ2v) is 5.33. The number of halogens is 2. The van der Waals surface area contributed by atoms with Crippen LogP contribution in [0.25, 0.3) is 0 Å². The van der Waals surface area contributed by atoms with Crippen LogP contribution >= 0.6 is 27.5 Å². The van der Waals surface area contributed by atoms with Crippen LogP contribution in [0.2, 0.25) is 0 Å². The predicted molar refractivity (Wildman–Crippen MR) is 70.8 cm³/mol. The molecule has 0 heterocycles. The Bertz CT molecular complexity index is 393. The van der Waals surface area contributed by atoms with Crippen LogP contribution in [0.5, 0.6) is 0 Å². The topological polar surface area (TPSA) is 29.1 Å². The van der Waals surface area contributed by atoms with Crippen LogP contribution < -0.4 is 5.32 Å². The fourth-order valence-corrected chi connectivity index (χ4v) is 1.78. The molecule has 0 saturated carbocycles. The van der Waals surface area contributed by atoms with Crippen molar-refractivity contribution in [1.29, 1.82) is 0 Å². The van der Waals surface area contributed by atoms with E-state index < -0.39 is 5.38 Å². The smallest absolute Gasteiger partial charge is 0.242 e. The summed E-state index contributed by atoms with van der Waals surface area (Å²) in [4.78, 5) is 11.7. The first-order chi connectivity index (χ1) is 7.41. The number of alkyl halides is 1. The highest BCUT2D eigenvalue weighted by molar-refractivity contribution is 9.10. The number of nitrogens with one attached hydrogen (secondary N) is 1. The zero-order valence-electron chi connectivity index (χ0n) is 9.55. The van der Waals surface area contributed by atoms with Gasteiger partial charge in [0, 0.05) is 10.5 Å². The highest BCUT2D eigenvalue weighted by atomic mass is 79.9. The molecule has 0 aliphatic carbocycles. The summed E-state index contributed by atoms with van der Waals surface area (Å²) in [5, 5.41) is 2.16. The molecular weight excluding hydrogens is 289 g/mol. The van der Waals surface area contributed by atoms with Crippen molar-refractivity contribution in [3.63, 3.8) is 0 Å². The van der Waals surface area contributed by atoms with E-state index >= 15 is 0 Å².